The highest BCUT2D eigenvalue weighted by Gasteiger charge is 2.06. The van der Waals surface area contributed by atoms with Crippen LogP contribution < -0.4 is 10.5 Å². The number of rotatable bonds is 3. The van der Waals surface area contributed by atoms with Crippen LogP contribution >= 0.6 is 0 Å². The normalized spacial score (nSPS) is 10.4. The maximum Gasteiger partial charge on any atom is 0.166 e. The van der Waals surface area contributed by atoms with E-state index in [4.69, 9.17) is 10.5 Å². The smallest absolute Gasteiger partial charge is 0.166 e. The van der Waals surface area contributed by atoms with Gasteiger partial charge >= 0.3 is 0 Å². The standard InChI is InChI=1S/C11H12FN3O/c1-15-7-9(6-14-15)16-11-3-2-8(5-13)4-10(11)12/h2-4,6-7H,5,13H2,1H3. The van der Waals surface area contributed by atoms with Gasteiger partial charge in [0, 0.05) is 13.6 Å². The Morgan fingerprint density at radius 1 is 1.50 bits per heavy atom. The van der Waals surface area contributed by atoms with Gasteiger partial charge in [-0.3, -0.25) is 4.68 Å². The van der Waals surface area contributed by atoms with Gasteiger partial charge in [-0.2, -0.15) is 5.10 Å². The Hall–Kier alpha value is -1.88. The van der Waals surface area contributed by atoms with E-state index in [1.165, 1.54) is 12.3 Å². The Kier molecular flexibility index (Phi) is 2.87. The van der Waals surface area contributed by atoms with Crippen molar-refractivity contribution >= 4 is 0 Å². The molecule has 2 rings (SSSR count). The second-order valence-corrected chi connectivity index (χ2v) is 3.42. The molecule has 0 spiro atoms. The Balaban J connectivity index is 2.21. The summed E-state index contributed by atoms with van der Waals surface area (Å²) in [6, 6.07) is 4.66. The van der Waals surface area contributed by atoms with Gasteiger partial charge in [0.25, 0.3) is 0 Å². The Morgan fingerprint density at radius 3 is 2.88 bits per heavy atom. The number of nitrogens with two attached hydrogens (primary N) is 1. The van der Waals surface area contributed by atoms with Crippen LogP contribution in [0.1, 0.15) is 5.56 Å². The number of halogens is 1. The summed E-state index contributed by atoms with van der Waals surface area (Å²) in [5.74, 6) is 0.249. The molecule has 0 unspecified atom stereocenters. The first-order valence-electron chi connectivity index (χ1n) is 4.84. The zero-order valence-corrected chi connectivity index (χ0v) is 8.85. The zero-order chi connectivity index (χ0) is 11.5. The molecule has 16 heavy (non-hydrogen) atoms. The van der Waals surface area contributed by atoms with Crippen molar-refractivity contribution in [2.45, 2.75) is 6.54 Å². The van der Waals surface area contributed by atoms with Gasteiger partial charge in [0.05, 0.1) is 12.4 Å². The summed E-state index contributed by atoms with van der Waals surface area (Å²) < 4.78 is 20.4. The van der Waals surface area contributed by atoms with Crippen LogP contribution in [0.3, 0.4) is 0 Å². The van der Waals surface area contributed by atoms with Crippen molar-refractivity contribution < 1.29 is 9.13 Å². The molecule has 0 aliphatic carbocycles. The van der Waals surface area contributed by atoms with Crippen LogP contribution in [0.15, 0.2) is 30.6 Å². The van der Waals surface area contributed by atoms with E-state index in [0.29, 0.717) is 12.3 Å². The number of hydrogen-bond donors (Lipinski definition) is 1. The second-order valence-electron chi connectivity index (χ2n) is 3.42. The lowest BCUT2D eigenvalue weighted by molar-refractivity contribution is 0.441. The molecular weight excluding hydrogens is 209 g/mol. The highest BCUT2D eigenvalue weighted by molar-refractivity contribution is 5.32. The van der Waals surface area contributed by atoms with E-state index >= 15 is 0 Å². The van der Waals surface area contributed by atoms with Gasteiger partial charge in [-0.05, 0) is 17.7 Å². The number of nitrogens with zero attached hydrogens (tertiary/aromatic N) is 2. The third-order valence-corrected chi connectivity index (χ3v) is 2.14. The highest BCUT2D eigenvalue weighted by atomic mass is 19.1. The van der Waals surface area contributed by atoms with Crippen LogP contribution in [0, 0.1) is 5.82 Å². The highest BCUT2D eigenvalue weighted by Crippen LogP contribution is 2.24. The fourth-order valence-electron chi connectivity index (χ4n) is 1.33. The average Bonchev–Trinajstić information content (AvgIpc) is 2.67. The lowest BCUT2D eigenvalue weighted by Crippen LogP contribution is -1.97. The second kappa shape index (κ2) is 4.32. The molecule has 0 aliphatic heterocycles. The number of benzene rings is 1. The fourth-order valence-corrected chi connectivity index (χ4v) is 1.33. The molecule has 2 aromatic rings. The monoisotopic (exact) mass is 221 g/mol. The van der Waals surface area contributed by atoms with Gasteiger partial charge in [0.15, 0.2) is 17.3 Å². The lowest BCUT2D eigenvalue weighted by Gasteiger charge is -2.05. The summed E-state index contributed by atoms with van der Waals surface area (Å²) in [7, 11) is 1.76. The number of aryl methyl sites for hydroxylation is 1. The molecule has 0 amide bonds. The third-order valence-electron chi connectivity index (χ3n) is 2.14. The van der Waals surface area contributed by atoms with E-state index in [0.717, 1.165) is 5.56 Å². The van der Waals surface area contributed by atoms with E-state index in [1.54, 1.807) is 30.1 Å². The van der Waals surface area contributed by atoms with Gasteiger partial charge < -0.3 is 10.5 Å². The van der Waals surface area contributed by atoms with Gasteiger partial charge in [0.2, 0.25) is 0 Å². The van der Waals surface area contributed by atoms with E-state index < -0.39 is 5.82 Å². The molecule has 0 fully saturated rings. The molecule has 84 valence electrons. The molecular formula is C11H12FN3O. The van der Waals surface area contributed by atoms with E-state index in [1.807, 2.05) is 0 Å². The fraction of sp³-hybridized carbons (Fsp3) is 0.182. The predicted octanol–water partition coefficient (Wildman–Crippen LogP) is 1.81. The van der Waals surface area contributed by atoms with Crippen molar-refractivity contribution in [3.63, 3.8) is 0 Å². The van der Waals surface area contributed by atoms with Crippen molar-refractivity contribution in [1.29, 1.82) is 0 Å². The number of aromatic nitrogens is 2. The first kappa shape index (κ1) is 10.6. The summed E-state index contributed by atoms with van der Waals surface area (Å²) in [5, 5.41) is 3.93. The van der Waals surface area contributed by atoms with Crippen LogP contribution in [0.2, 0.25) is 0 Å². The summed E-state index contributed by atoms with van der Waals surface area (Å²) in [4.78, 5) is 0. The first-order valence-corrected chi connectivity index (χ1v) is 4.84. The van der Waals surface area contributed by atoms with E-state index in [9.17, 15) is 4.39 Å². The molecule has 0 atom stereocenters. The minimum Gasteiger partial charge on any atom is -0.451 e. The molecule has 0 bridgehead atoms. The van der Waals surface area contributed by atoms with Crippen LogP contribution in [0.5, 0.6) is 11.5 Å². The molecule has 1 heterocycles. The van der Waals surface area contributed by atoms with Gasteiger partial charge in [-0.1, -0.05) is 6.07 Å². The van der Waals surface area contributed by atoms with Crippen molar-refractivity contribution in [2.24, 2.45) is 12.8 Å². The topological polar surface area (TPSA) is 53.1 Å². The Morgan fingerprint density at radius 2 is 2.31 bits per heavy atom. The molecule has 1 aromatic heterocycles. The van der Waals surface area contributed by atoms with Gasteiger partial charge in [-0.15, -0.1) is 0 Å². The molecule has 1 aromatic carbocycles. The quantitative estimate of drug-likeness (QED) is 0.860. The molecule has 0 saturated heterocycles. The van der Waals surface area contributed by atoms with Crippen molar-refractivity contribution in [3.8, 4) is 11.5 Å². The summed E-state index contributed by atoms with van der Waals surface area (Å²) >= 11 is 0. The molecule has 0 aliphatic rings. The van der Waals surface area contributed by atoms with Crippen molar-refractivity contribution in [1.82, 2.24) is 9.78 Å². The van der Waals surface area contributed by atoms with E-state index in [-0.39, 0.29) is 5.75 Å². The molecule has 2 N–H and O–H groups in total. The van der Waals surface area contributed by atoms with Crippen LogP contribution in [0.4, 0.5) is 4.39 Å². The largest absolute Gasteiger partial charge is 0.451 e. The maximum absolute atomic E-state index is 13.5. The molecule has 0 saturated carbocycles. The van der Waals surface area contributed by atoms with Gasteiger partial charge in [-0.25, -0.2) is 4.39 Å². The average molecular weight is 221 g/mol. The predicted molar refractivity (Wildman–Crippen MR) is 57.6 cm³/mol. The number of hydrogen-bond acceptors (Lipinski definition) is 3. The first-order chi connectivity index (χ1) is 7.69. The third kappa shape index (κ3) is 2.20. The Bertz CT molecular complexity index is 496. The van der Waals surface area contributed by atoms with Crippen molar-refractivity contribution in [2.75, 3.05) is 0 Å². The molecule has 0 radical (unpaired) electrons. The van der Waals surface area contributed by atoms with E-state index in [2.05, 4.69) is 5.10 Å². The van der Waals surface area contributed by atoms with Crippen LogP contribution in [-0.2, 0) is 13.6 Å². The minimum atomic E-state index is -0.424. The van der Waals surface area contributed by atoms with Gasteiger partial charge in [0.1, 0.15) is 0 Å². The maximum atomic E-state index is 13.5. The van der Waals surface area contributed by atoms with Crippen LogP contribution in [-0.4, -0.2) is 9.78 Å². The number of ether oxygens (including phenoxy) is 1. The summed E-state index contributed by atoms with van der Waals surface area (Å²) in [5.41, 5.74) is 6.14. The lowest BCUT2D eigenvalue weighted by atomic mass is 10.2. The summed E-state index contributed by atoms with van der Waals surface area (Å²) in [6.07, 6.45) is 3.19. The molecule has 4 nitrogen and oxygen atoms in total. The molecule has 5 heteroatoms. The van der Waals surface area contributed by atoms with Crippen molar-refractivity contribution in [3.05, 3.63) is 42.0 Å². The zero-order valence-electron chi connectivity index (χ0n) is 8.85. The minimum absolute atomic E-state index is 0.171. The van der Waals surface area contributed by atoms with Crippen LogP contribution in [0.25, 0.3) is 0 Å². The SMILES string of the molecule is Cn1cc(Oc2ccc(CN)cc2F)cn1. The Labute approximate surface area is 92.4 Å². The summed E-state index contributed by atoms with van der Waals surface area (Å²) in [6.45, 7) is 0.310.